The van der Waals surface area contributed by atoms with Gasteiger partial charge in [-0.2, -0.15) is 5.26 Å². The minimum Gasteiger partial charge on any atom is -0.395 e. The number of aliphatic hydroxyl groups excluding tert-OH is 1. The number of carbonyl (C=O) groups is 3. The van der Waals surface area contributed by atoms with Gasteiger partial charge in [0.05, 0.1) is 12.2 Å². The van der Waals surface area contributed by atoms with E-state index < -0.39 is 16.4 Å². The summed E-state index contributed by atoms with van der Waals surface area (Å²) >= 11 is 0. The van der Waals surface area contributed by atoms with E-state index in [1.54, 1.807) is 0 Å². The molecule has 5 aliphatic rings. The zero-order chi connectivity index (χ0) is 29.5. The maximum Gasteiger partial charge on any atom is 0.315 e. The molecule has 0 saturated heterocycles. The normalized spacial score (nSPS) is 43.0. The van der Waals surface area contributed by atoms with Gasteiger partial charge in [-0.05, 0) is 79.1 Å². The van der Waals surface area contributed by atoms with Crippen LogP contribution in [0.15, 0.2) is 23.3 Å². The van der Waals surface area contributed by atoms with Gasteiger partial charge in [-0.25, -0.2) is 4.79 Å². The number of carbonyl (C=O) groups excluding carboxylic acids is 3. The van der Waals surface area contributed by atoms with Crippen molar-refractivity contribution in [3.8, 4) is 6.07 Å². The highest BCUT2D eigenvalue weighted by Gasteiger charge is 2.70. The fraction of sp³-hybridized carbons (Fsp3) is 0.758. The number of fused-ring (bicyclic) bond motifs is 7. The molecule has 0 aromatic heterocycles. The topological polar surface area (TPSA) is 119 Å². The van der Waals surface area contributed by atoms with Crippen molar-refractivity contribution >= 4 is 17.6 Å². The van der Waals surface area contributed by atoms with Gasteiger partial charge in [0.15, 0.2) is 11.6 Å². The minimum absolute atomic E-state index is 0.00267. The standard InChI is InChI=1S/C33H47N3O4/c1-28(2)10-12-33(36-27(40)35-14-15-37)13-11-32(7)25(21(33)18-28)22(38)16-24-30(5)17-20(19-34)26(39)29(3,4)23(30)8-9-31(24,32)6/h16-17,21,23,25,37H,8-15,18H2,1-7H3,(H2,35,36,40)/t21-,23-,25-,30-,31+,32+,33-/m0/s1. The van der Waals surface area contributed by atoms with Crippen LogP contribution >= 0.6 is 0 Å². The van der Waals surface area contributed by atoms with Crippen molar-refractivity contribution in [2.75, 3.05) is 13.2 Å². The molecule has 5 aliphatic carbocycles. The second-order valence-electron chi connectivity index (χ2n) is 15.5. The number of allylic oxidation sites excluding steroid dienone is 4. The zero-order valence-corrected chi connectivity index (χ0v) is 25.4. The fourth-order valence-electron chi connectivity index (χ4n) is 10.3. The Morgan fingerprint density at radius 1 is 1.05 bits per heavy atom. The first-order valence-corrected chi connectivity index (χ1v) is 15.1. The molecule has 3 N–H and O–H groups in total. The molecule has 0 unspecified atom stereocenters. The lowest BCUT2D eigenvalue weighted by atomic mass is 9.35. The van der Waals surface area contributed by atoms with Crippen molar-refractivity contribution in [1.82, 2.24) is 10.6 Å². The van der Waals surface area contributed by atoms with Crippen molar-refractivity contribution < 1.29 is 19.5 Å². The molecule has 0 aromatic rings. The summed E-state index contributed by atoms with van der Waals surface area (Å²) in [5, 5.41) is 25.2. The van der Waals surface area contributed by atoms with E-state index in [4.69, 9.17) is 0 Å². The predicted molar refractivity (Wildman–Crippen MR) is 153 cm³/mol. The molecule has 0 aliphatic heterocycles. The number of aliphatic hydroxyl groups is 1. The van der Waals surface area contributed by atoms with Crippen molar-refractivity contribution in [3.63, 3.8) is 0 Å². The predicted octanol–water partition coefficient (Wildman–Crippen LogP) is 5.25. The zero-order valence-electron chi connectivity index (χ0n) is 25.4. The third kappa shape index (κ3) is 3.81. The lowest BCUT2D eigenvalue weighted by Crippen LogP contribution is -2.70. The van der Waals surface area contributed by atoms with Crippen LogP contribution in [0.3, 0.4) is 0 Å². The fourth-order valence-corrected chi connectivity index (χ4v) is 10.3. The van der Waals surface area contributed by atoms with E-state index in [0.717, 1.165) is 50.5 Å². The lowest BCUT2D eigenvalue weighted by molar-refractivity contribution is -0.160. The molecule has 218 valence electrons. The number of nitrogens with one attached hydrogen (secondary N) is 2. The van der Waals surface area contributed by atoms with Gasteiger partial charge in [0, 0.05) is 28.8 Å². The first kappa shape index (κ1) is 29.0. The summed E-state index contributed by atoms with van der Waals surface area (Å²) < 4.78 is 0. The number of urea groups is 1. The molecule has 3 saturated carbocycles. The van der Waals surface area contributed by atoms with E-state index in [9.17, 15) is 24.8 Å². The van der Waals surface area contributed by atoms with Gasteiger partial charge in [-0.15, -0.1) is 0 Å². The smallest absolute Gasteiger partial charge is 0.315 e. The number of ketones is 2. The molecule has 0 heterocycles. The molecular formula is C33H47N3O4. The molecule has 40 heavy (non-hydrogen) atoms. The Kier molecular flexibility index (Phi) is 6.55. The van der Waals surface area contributed by atoms with E-state index in [2.05, 4.69) is 51.3 Å². The lowest BCUT2D eigenvalue weighted by Gasteiger charge is -2.69. The molecule has 7 nitrogen and oxygen atoms in total. The summed E-state index contributed by atoms with van der Waals surface area (Å²) in [6.07, 6.45) is 9.81. The minimum atomic E-state index is -0.682. The summed E-state index contributed by atoms with van der Waals surface area (Å²) in [5.74, 6) is -0.180. The maximum absolute atomic E-state index is 14.5. The average molecular weight is 550 g/mol. The third-order valence-electron chi connectivity index (χ3n) is 12.6. The van der Waals surface area contributed by atoms with E-state index in [1.165, 1.54) is 0 Å². The number of rotatable bonds is 3. The van der Waals surface area contributed by atoms with Crippen LogP contribution < -0.4 is 10.6 Å². The first-order chi connectivity index (χ1) is 18.5. The Bertz CT molecular complexity index is 1260. The number of amides is 2. The Morgan fingerprint density at radius 3 is 2.38 bits per heavy atom. The summed E-state index contributed by atoms with van der Waals surface area (Å²) in [6, 6.07) is 1.90. The Balaban J connectivity index is 1.63. The highest BCUT2D eigenvalue weighted by atomic mass is 16.3. The molecule has 7 atom stereocenters. The van der Waals surface area contributed by atoms with Gasteiger partial charge in [0.1, 0.15) is 6.07 Å². The Morgan fingerprint density at radius 2 is 1.73 bits per heavy atom. The molecule has 5 rings (SSSR count). The second kappa shape index (κ2) is 9.02. The summed E-state index contributed by atoms with van der Waals surface area (Å²) in [6.45, 7) is 15.3. The molecule has 0 spiro atoms. The van der Waals surface area contributed by atoms with Crippen molar-refractivity contribution in [1.29, 1.82) is 5.26 Å². The van der Waals surface area contributed by atoms with Crippen molar-refractivity contribution in [3.05, 3.63) is 23.3 Å². The number of nitrogens with zero attached hydrogens (tertiary/aromatic N) is 1. The molecule has 2 amide bonds. The van der Waals surface area contributed by atoms with Crippen LogP contribution in [0.5, 0.6) is 0 Å². The van der Waals surface area contributed by atoms with Crippen LogP contribution in [0.25, 0.3) is 0 Å². The molecular weight excluding hydrogens is 502 g/mol. The van der Waals surface area contributed by atoms with Crippen LogP contribution in [0.4, 0.5) is 4.79 Å². The van der Waals surface area contributed by atoms with Gasteiger partial charge in [-0.3, -0.25) is 9.59 Å². The van der Waals surface area contributed by atoms with Crippen molar-refractivity contribution in [2.24, 2.45) is 44.8 Å². The number of nitriles is 1. The first-order valence-electron chi connectivity index (χ1n) is 15.1. The number of hydrogen-bond donors (Lipinski definition) is 3. The third-order valence-corrected chi connectivity index (χ3v) is 12.6. The van der Waals surface area contributed by atoms with E-state index >= 15 is 0 Å². The molecule has 7 heteroatoms. The second-order valence-corrected chi connectivity index (χ2v) is 15.5. The average Bonchev–Trinajstić information content (AvgIpc) is 2.87. The van der Waals surface area contributed by atoms with E-state index in [1.807, 2.05) is 26.0 Å². The Hall–Kier alpha value is -2.46. The van der Waals surface area contributed by atoms with Gasteiger partial charge in [-0.1, -0.05) is 60.1 Å². The van der Waals surface area contributed by atoms with Gasteiger partial charge >= 0.3 is 6.03 Å². The number of Topliss-reactive ketones (excluding diaryl/α,β-unsaturated/α-hetero) is 1. The largest absolute Gasteiger partial charge is 0.395 e. The summed E-state index contributed by atoms with van der Waals surface area (Å²) in [5.41, 5.74) is -0.947. The molecule has 0 aromatic carbocycles. The number of hydrogen-bond acceptors (Lipinski definition) is 5. The highest BCUT2D eigenvalue weighted by molar-refractivity contribution is 6.04. The van der Waals surface area contributed by atoms with Gasteiger partial charge in [0.2, 0.25) is 0 Å². The molecule has 3 fully saturated rings. The van der Waals surface area contributed by atoms with Crippen LogP contribution in [0.1, 0.15) is 93.4 Å². The van der Waals surface area contributed by atoms with Crippen LogP contribution in [-0.4, -0.2) is 41.4 Å². The van der Waals surface area contributed by atoms with Gasteiger partial charge < -0.3 is 15.7 Å². The Labute approximate surface area is 239 Å². The van der Waals surface area contributed by atoms with E-state index in [0.29, 0.717) is 0 Å². The highest BCUT2D eigenvalue weighted by Crippen LogP contribution is 2.73. The molecule has 0 radical (unpaired) electrons. The van der Waals surface area contributed by atoms with E-state index in [-0.39, 0.29) is 70.3 Å². The quantitative estimate of drug-likeness (QED) is 0.444. The molecule has 0 bridgehead atoms. The summed E-state index contributed by atoms with van der Waals surface area (Å²) in [7, 11) is 0. The van der Waals surface area contributed by atoms with Crippen LogP contribution in [-0.2, 0) is 9.59 Å². The van der Waals surface area contributed by atoms with Crippen molar-refractivity contribution in [2.45, 2.75) is 99.0 Å². The van der Waals surface area contributed by atoms with Crippen LogP contribution in [0.2, 0.25) is 0 Å². The van der Waals surface area contributed by atoms with Gasteiger partial charge in [0.25, 0.3) is 0 Å². The van der Waals surface area contributed by atoms with Crippen LogP contribution in [0, 0.1) is 56.2 Å². The maximum atomic E-state index is 14.5. The summed E-state index contributed by atoms with van der Waals surface area (Å²) in [4.78, 5) is 40.7. The SMILES string of the molecule is CC1(C)CC[C@]2(NC(=O)NCCO)CC[C@]3(C)[C@H](C(=O)C=C4[C@@]5(C)C=C(C#N)C(=O)C(C)(C)[C@@H]5CC[C@]43C)[C@@H]2C1. The monoisotopic (exact) mass is 549 g/mol.